The Morgan fingerprint density at radius 3 is 1.91 bits per heavy atom. The number of carbonyl (C=O) groups excluding carboxylic acids is 2. The highest BCUT2D eigenvalue weighted by Gasteiger charge is 2.10. The van der Waals surface area contributed by atoms with E-state index in [4.69, 9.17) is 0 Å². The van der Waals surface area contributed by atoms with Crippen LogP contribution in [0.5, 0.6) is 0 Å². The zero-order chi connectivity index (χ0) is 17.1. The van der Waals surface area contributed by atoms with Crippen LogP contribution in [-0.2, 0) is 6.42 Å². The first-order chi connectivity index (χ1) is 11.1. The van der Waals surface area contributed by atoms with Crippen LogP contribution in [0.25, 0.3) is 0 Å². The van der Waals surface area contributed by atoms with E-state index >= 15 is 0 Å². The predicted molar refractivity (Wildman–Crippen MR) is 86.0 cm³/mol. The number of carboxylic acids is 2. The average Bonchev–Trinajstić information content (AvgIpc) is 2.52. The molecule has 0 aliphatic carbocycles. The molecule has 0 fully saturated rings. The quantitative estimate of drug-likeness (QED) is 0.555. The number of benzene rings is 1. The number of carboxylic acid groups (broad SMARTS) is 2. The maximum absolute atomic E-state index is 11.2. The van der Waals surface area contributed by atoms with Gasteiger partial charge < -0.3 is 19.8 Å². The number of hydrogen-bond acceptors (Lipinski definition) is 4. The number of carbonyl (C=O) groups is 2. The molecule has 4 heteroatoms. The molecule has 1 aromatic carbocycles. The van der Waals surface area contributed by atoms with Crippen LogP contribution in [0.2, 0.25) is 0 Å². The molecule has 4 nitrogen and oxygen atoms in total. The van der Waals surface area contributed by atoms with Crippen LogP contribution >= 0.6 is 0 Å². The first-order valence-electron chi connectivity index (χ1n) is 8.62. The Bertz CT molecular complexity index is 508. The minimum Gasteiger partial charge on any atom is -0.545 e. The highest BCUT2D eigenvalue weighted by atomic mass is 16.4. The van der Waals surface area contributed by atoms with Crippen molar-refractivity contribution in [2.45, 2.75) is 71.1 Å². The zero-order valence-corrected chi connectivity index (χ0v) is 13.9. The minimum atomic E-state index is -1.47. The molecule has 0 aromatic heterocycles. The smallest absolute Gasteiger partial charge is 0.0724 e. The van der Waals surface area contributed by atoms with Gasteiger partial charge in [-0.15, -0.1) is 0 Å². The fraction of sp³-hybridized carbons (Fsp3) is 0.579. The molecular weight excluding hydrogens is 292 g/mol. The van der Waals surface area contributed by atoms with E-state index < -0.39 is 11.9 Å². The van der Waals surface area contributed by atoms with Crippen molar-refractivity contribution in [2.24, 2.45) is 0 Å². The molecule has 0 saturated heterocycles. The van der Waals surface area contributed by atoms with Crippen LogP contribution in [0.4, 0.5) is 0 Å². The Kier molecular flexibility index (Phi) is 9.03. The second kappa shape index (κ2) is 10.8. The molecule has 0 unspecified atom stereocenters. The van der Waals surface area contributed by atoms with E-state index in [1.807, 2.05) is 0 Å². The molecule has 0 amide bonds. The van der Waals surface area contributed by atoms with Crippen molar-refractivity contribution in [3.63, 3.8) is 0 Å². The van der Waals surface area contributed by atoms with Crippen molar-refractivity contribution in [3.05, 3.63) is 34.9 Å². The molecule has 0 N–H and O–H groups in total. The lowest BCUT2D eigenvalue weighted by Crippen LogP contribution is -2.31. The van der Waals surface area contributed by atoms with Crippen molar-refractivity contribution in [1.82, 2.24) is 0 Å². The fourth-order valence-electron chi connectivity index (χ4n) is 2.85. The van der Waals surface area contributed by atoms with E-state index in [1.165, 1.54) is 44.6 Å². The standard InChI is InChI=1S/C19H28O4/c1-2-3-4-5-6-7-8-9-10-12-15-13-11-14-16(18(20)21)17(15)19(22)23/h11,13-14H,2-10,12H2,1H3,(H,20,21)(H,22,23)/p-2. The van der Waals surface area contributed by atoms with E-state index in [1.54, 1.807) is 12.1 Å². The van der Waals surface area contributed by atoms with Crippen molar-refractivity contribution in [1.29, 1.82) is 0 Å². The molecule has 128 valence electrons. The predicted octanol–water partition coefficient (Wildman–Crippen LogP) is 2.49. The minimum absolute atomic E-state index is 0.230. The normalized spacial score (nSPS) is 10.7. The lowest BCUT2D eigenvalue weighted by atomic mass is 9.96. The third kappa shape index (κ3) is 6.85. The number of rotatable bonds is 12. The number of aromatic carboxylic acids is 2. The van der Waals surface area contributed by atoms with Crippen LogP contribution in [0.15, 0.2) is 18.2 Å². The van der Waals surface area contributed by atoms with Crippen LogP contribution < -0.4 is 10.2 Å². The largest absolute Gasteiger partial charge is 0.545 e. The second-order valence-corrected chi connectivity index (χ2v) is 5.99. The maximum Gasteiger partial charge on any atom is 0.0724 e. The molecule has 0 aliphatic rings. The van der Waals surface area contributed by atoms with E-state index in [0.717, 1.165) is 19.3 Å². The van der Waals surface area contributed by atoms with E-state index in [9.17, 15) is 19.8 Å². The third-order valence-electron chi connectivity index (χ3n) is 4.12. The molecule has 23 heavy (non-hydrogen) atoms. The lowest BCUT2D eigenvalue weighted by Gasteiger charge is -2.16. The molecule has 0 bridgehead atoms. The average molecular weight is 318 g/mol. The Morgan fingerprint density at radius 2 is 1.39 bits per heavy atom. The zero-order valence-electron chi connectivity index (χ0n) is 13.9. The lowest BCUT2D eigenvalue weighted by molar-refractivity contribution is -0.259. The Labute approximate surface area is 138 Å². The van der Waals surface area contributed by atoms with Gasteiger partial charge in [-0.1, -0.05) is 76.5 Å². The molecule has 0 saturated carbocycles. The van der Waals surface area contributed by atoms with Crippen molar-refractivity contribution < 1.29 is 19.8 Å². The number of aryl methyl sites for hydroxylation is 1. The van der Waals surface area contributed by atoms with Crippen molar-refractivity contribution in [3.8, 4) is 0 Å². The van der Waals surface area contributed by atoms with Crippen LogP contribution in [0.1, 0.15) is 91.0 Å². The Hall–Kier alpha value is -1.84. The maximum atomic E-state index is 11.2. The molecular formula is C19H26O4-2. The van der Waals surface area contributed by atoms with Crippen LogP contribution in [0, 0.1) is 0 Å². The summed E-state index contributed by atoms with van der Waals surface area (Å²) in [5.41, 5.74) is 0.000126. The summed E-state index contributed by atoms with van der Waals surface area (Å²) in [5.74, 6) is -2.92. The summed E-state index contributed by atoms with van der Waals surface area (Å²) in [4.78, 5) is 22.2. The molecule has 1 aromatic rings. The van der Waals surface area contributed by atoms with Crippen molar-refractivity contribution >= 4 is 11.9 Å². The van der Waals surface area contributed by atoms with Gasteiger partial charge in [-0.25, -0.2) is 0 Å². The van der Waals surface area contributed by atoms with Crippen LogP contribution in [-0.4, -0.2) is 11.9 Å². The Morgan fingerprint density at radius 1 is 0.826 bits per heavy atom. The highest BCUT2D eigenvalue weighted by molar-refractivity contribution is 6.01. The summed E-state index contributed by atoms with van der Waals surface area (Å²) in [6.07, 6.45) is 11.2. The second-order valence-electron chi connectivity index (χ2n) is 5.99. The first kappa shape index (κ1) is 19.2. The van der Waals surface area contributed by atoms with Gasteiger partial charge in [-0.2, -0.15) is 0 Å². The SMILES string of the molecule is CCCCCCCCCCCc1cccc(C(=O)[O-])c1C(=O)[O-]. The van der Waals surface area contributed by atoms with Gasteiger partial charge >= 0.3 is 0 Å². The third-order valence-corrected chi connectivity index (χ3v) is 4.12. The van der Waals surface area contributed by atoms with Gasteiger partial charge in [-0.05, 0) is 18.4 Å². The van der Waals surface area contributed by atoms with Crippen LogP contribution in [0.3, 0.4) is 0 Å². The summed E-state index contributed by atoms with van der Waals surface area (Å²) < 4.78 is 0. The monoisotopic (exact) mass is 318 g/mol. The summed E-state index contributed by atoms with van der Waals surface area (Å²) in [5, 5.41) is 22.2. The van der Waals surface area contributed by atoms with Gasteiger partial charge in [0.25, 0.3) is 0 Å². The van der Waals surface area contributed by atoms with Gasteiger partial charge in [0.05, 0.1) is 11.9 Å². The molecule has 0 heterocycles. The first-order valence-corrected chi connectivity index (χ1v) is 8.62. The van der Waals surface area contributed by atoms with E-state index in [2.05, 4.69) is 6.92 Å². The van der Waals surface area contributed by atoms with Gasteiger partial charge in [0.15, 0.2) is 0 Å². The highest BCUT2D eigenvalue weighted by Crippen LogP contribution is 2.18. The Balaban J connectivity index is 2.39. The van der Waals surface area contributed by atoms with E-state index in [-0.39, 0.29) is 11.1 Å². The number of unbranched alkanes of at least 4 members (excludes halogenated alkanes) is 8. The topological polar surface area (TPSA) is 80.3 Å². The summed E-state index contributed by atoms with van der Waals surface area (Å²) in [7, 11) is 0. The van der Waals surface area contributed by atoms with Gasteiger partial charge in [0.2, 0.25) is 0 Å². The molecule has 1 rings (SSSR count). The molecule has 0 radical (unpaired) electrons. The molecule has 0 spiro atoms. The van der Waals surface area contributed by atoms with Gasteiger partial charge in [-0.3, -0.25) is 0 Å². The number of hydrogen-bond donors (Lipinski definition) is 0. The molecule has 0 atom stereocenters. The van der Waals surface area contributed by atoms with Gasteiger partial charge in [0, 0.05) is 11.1 Å². The van der Waals surface area contributed by atoms with E-state index in [0.29, 0.717) is 12.0 Å². The summed E-state index contributed by atoms with van der Waals surface area (Å²) in [6.45, 7) is 2.20. The summed E-state index contributed by atoms with van der Waals surface area (Å²) >= 11 is 0. The van der Waals surface area contributed by atoms with Crippen molar-refractivity contribution in [2.75, 3.05) is 0 Å². The summed E-state index contributed by atoms with van der Waals surface area (Å²) in [6, 6.07) is 4.46. The van der Waals surface area contributed by atoms with Gasteiger partial charge in [0.1, 0.15) is 0 Å². The fourth-order valence-corrected chi connectivity index (χ4v) is 2.85. The molecule has 0 aliphatic heterocycles.